The van der Waals surface area contributed by atoms with Crippen LogP contribution < -0.4 is 15.6 Å². The number of hydrogen-bond acceptors (Lipinski definition) is 5. The van der Waals surface area contributed by atoms with Crippen molar-refractivity contribution in [2.75, 3.05) is 27.4 Å². The van der Waals surface area contributed by atoms with Crippen molar-refractivity contribution < 1.29 is 14.3 Å². The number of nitrogens with zero attached hydrogens (tertiary/aromatic N) is 2. The Bertz CT molecular complexity index is 741. The first-order valence-electron chi connectivity index (χ1n) is 8.12. The molecule has 1 heterocycles. The number of ether oxygens (including phenoxy) is 2. The molecule has 0 unspecified atom stereocenters. The van der Waals surface area contributed by atoms with Crippen LogP contribution in [-0.4, -0.2) is 43.1 Å². The minimum absolute atomic E-state index is 0.0589. The molecular formula is C18H23N3O4. The van der Waals surface area contributed by atoms with Crippen LogP contribution >= 0.6 is 0 Å². The number of nitrogens with one attached hydrogen (secondary N) is 1. The Hall–Kier alpha value is -2.67. The normalized spacial score (nSPS) is 10.5. The monoisotopic (exact) mass is 345 g/mol. The van der Waals surface area contributed by atoms with Crippen LogP contribution in [0.2, 0.25) is 0 Å². The van der Waals surface area contributed by atoms with Crippen LogP contribution in [0.3, 0.4) is 0 Å². The van der Waals surface area contributed by atoms with Crippen molar-refractivity contribution in [3.05, 3.63) is 46.8 Å². The lowest BCUT2D eigenvalue weighted by Gasteiger charge is -2.08. The fourth-order valence-electron chi connectivity index (χ4n) is 2.30. The van der Waals surface area contributed by atoms with Crippen LogP contribution in [-0.2, 0) is 16.1 Å². The van der Waals surface area contributed by atoms with Crippen LogP contribution in [0.5, 0.6) is 5.75 Å². The number of amides is 1. The second kappa shape index (κ2) is 9.58. The highest BCUT2D eigenvalue weighted by Crippen LogP contribution is 2.19. The lowest BCUT2D eigenvalue weighted by Crippen LogP contribution is -2.28. The second-order valence-corrected chi connectivity index (χ2v) is 5.45. The van der Waals surface area contributed by atoms with Gasteiger partial charge < -0.3 is 14.8 Å². The third-order valence-corrected chi connectivity index (χ3v) is 3.65. The van der Waals surface area contributed by atoms with E-state index < -0.39 is 0 Å². The van der Waals surface area contributed by atoms with Crippen LogP contribution in [0.15, 0.2) is 41.2 Å². The van der Waals surface area contributed by atoms with Crippen LogP contribution in [0.1, 0.15) is 12.8 Å². The Morgan fingerprint density at radius 2 is 1.92 bits per heavy atom. The molecule has 0 aliphatic carbocycles. The molecule has 7 heteroatoms. The van der Waals surface area contributed by atoms with Gasteiger partial charge in [0.05, 0.1) is 19.4 Å². The average molecular weight is 345 g/mol. The van der Waals surface area contributed by atoms with E-state index in [0.717, 1.165) is 11.3 Å². The molecule has 0 aliphatic heterocycles. The maximum Gasteiger partial charge on any atom is 0.266 e. The molecule has 1 aromatic heterocycles. The van der Waals surface area contributed by atoms with E-state index in [4.69, 9.17) is 9.47 Å². The molecule has 1 N–H and O–H groups in total. The van der Waals surface area contributed by atoms with E-state index in [1.165, 1.54) is 10.7 Å². The van der Waals surface area contributed by atoms with E-state index in [1.807, 2.05) is 24.3 Å². The van der Waals surface area contributed by atoms with Crippen LogP contribution in [0, 0.1) is 0 Å². The zero-order chi connectivity index (χ0) is 18.1. The fourth-order valence-corrected chi connectivity index (χ4v) is 2.30. The lowest BCUT2D eigenvalue weighted by molar-refractivity contribution is -0.121. The standard InChI is InChI=1S/C18H23N3O4/c1-24-13-11-19-17(22)4-3-12-21-18(23)10-9-16(20-21)14-5-7-15(25-2)8-6-14/h5-10H,3-4,11-13H2,1-2H3,(H,19,22). The van der Waals surface area contributed by atoms with Gasteiger partial charge in [-0.15, -0.1) is 0 Å². The maximum atomic E-state index is 12.0. The summed E-state index contributed by atoms with van der Waals surface area (Å²) in [5.41, 5.74) is 1.41. The van der Waals surface area contributed by atoms with Gasteiger partial charge >= 0.3 is 0 Å². The summed E-state index contributed by atoms with van der Waals surface area (Å²) < 4.78 is 11.4. The summed E-state index contributed by atoms with van der Waals surface area (Å²) in [5.74, 6) is 0.702. The van der Waals surface area contributed by atoms with E-state index in [9.17, 15) is 9.59 Å². The summed E-state index contributed by atoms with van der Waals surface area (Å²) in [6.45, 7) is 1.36. The largest absolute Gasteiger partial charge is 0.497 e. The molecule has 0 spiro atoms. The Balaban J connectivity index is 1.96. The zero-order valence-electron chi connectivity index (χ0n) is 14.5. The Kier molecular flexibility index (Phi) is 7.16. The van der Waals surface area contributed by atoms with Crippen molar-refractivity contribution >= 4 is 5.91 Å². The molecule has 134 valence electrons. The summed E-state index contributed by atoms with van der Waals surface area (Å²) in [6, 6.07) is 10.6. The van der Waals surface area contributed by atoms with Gasteiger partial charge in [0.1, 0.15) is 5.75 Å². The molecule has 0 fully saturated rings. The van der Waals surface area contributed by atoms with Gasteiger partial charge in [-0.25, -0.2) is 4.68 Å². The number of carbonyl (C=O) groups excluding carboxylic acids is 1. The molecule has 0 saturated carbocycles. The molecule has 1 amide bonds. The van der Waals surface area contributed by atoms with Crippen LogP contribution in [0.4, 0.5) is 0 Å². The summed E-state index contributed by atoms with van der Waals surface area (Å²) in [5, 5.41) is 7.13. The minimum Gasteiger partial charge on any atom is -0.497 e. The zero-order valence-corrected chi connectivity index (χ0v) is 14.5. The third kappa shape index (κ3) is 5.72. The molecule has 0 saturated heterocycles. The number of aromatic nitrogens is 2. The van der Waals surface area contributed by atoms with E-state index in [2.05, 4.69) is 10.4 Å². The van der Waals surface area contributed by atoms with Crippen molar-refractivity contribution in [3.63, 3.8) is 0 Å². The van der Waals surface area contributed by atoms with Gasteiger partial charge in [0.2, 0.25) is 5.91 Å². The van der Waals surface area contributed by atoms with E-state index >= 15 is 0 Å². The van der Waals surface area contributed by atoms with Crippen molar-refractivity contribution in [1.29, 1.82) is 0 Å². The molecule has 1 aromatic carbocycles. The van der Waals surface area contributed by atoms with Gasteiger partial charge in [-0.3, -0.25) is 9.59 Å². The summed E-state index contributed by atoms with van der Waals surface area (Å²) >= 11 is 0. The van der Waals surface area contributed by atoms with Gasteiger partial charge in [-0.05, 0) is 36.8 Å². The number of carbonyl (C=O) groups is 1. The quantitative estimate of drug-likeness (QED) is 0.696. The van der Waals surface area contributed by atoms with Gasteiger partial charge in [0.15, 0.2) is 0 Å². The highest BCUT2D eigenvalue weighted by atomic mass is 16.5. The lowest BCUT2D eigenvalue weighted by atomic mass is 10.1. The predicted molar refractivity (Wildman–Crippen MR) is 94.6 cm³/mol. The summed E-state index contributed by atoms with van der Waals surface area (Å²) in [6.07, 6.45) is 0.877. The van der Waals surface area contributed by atoms with Crippen molar-refractivity contribution in [2.45, 2.75) is 19.4 Å². The SMILES string of the molecule is COCCNC(=O)CCCn1nc(-c2ccc(OC)cc2)ccc1=O. The molecule has 0 radical (unpaired) electrons. The summed E-state index contributed by atoms with van der Waals surface area (Å²) in [7, 11) is 3.19. The molecule has 25 heavy (non-hydrogen) atoms. The third-order valence-electron chi connectivity index (χ3n) is 3.65. The molecule has 0 bridgehead atoms. The van der Waals surface area contributed by atoms with Crippen molar-refractivity contribution in [2.24, 2.45) is 0 Å². The van der Waals surface area contributed by atoms with E-state index in [0.29, 0.717) is 38.2 Å². The molecule has 0 atom stereocenters. The Morgan fingerprint density at radius 1 is 1.16 bits per heavy atom. The molecular weight excluding hydrogens is 322 g/mol. The molecule has 2 rings (SSSR count). The van der Waals surface area contributed by atoms with Gasteiger partial charge in [-0.1, -0.05) is 0 Å². The number of benzene rings is 1. The number of rotatable bonds is 9. The van der Waals surface area contributed by atoms with Crippen LogP contribution in [0.25, 0.3) is 11.3 Å². The first-order valence-corrected chi connectivity index (χ1v) is 8.12. The summed E-state index contributed by atoms with van der Waals surface area (Å²) in [4.78, 5) is 23.6. The first-order chi connectivity index (χ1) is 12.1. The predicted octanol–water partition coefficient (Wildman–Crippen LogP) is 1.46. The molecule has 7 nitrogen and oxygen atoms in total. The Morgan fingerprint density at radius 3 is 2.60 bits per heavy atom. The second-order valence-electron chi connectivity index (χ2n) is 5.45. The van der Waals surface area contributed by atoms with E-state index in [1.54, 1.807) is 20.3 Å². The highest BCUT2D eigenvalue weighted by Gasteiger charge is 2.06. The average Bonchev–Trinajstić information content (AvgIpc) is 2.63. The molecule has 2 aromatic rings. The van der Waals surface area contributed by atoms with Crippen molar-refractivity contribution in [3.8, 4) is 17.0 Å². The smallest absolute Gasteiger partial charge is 0.266 e. The molecule has 0 aliphatic rings. The topological polar surface area (TPSA) is 82.4 Å². The van der Waals surface area contributed by atoms with E-state index in [-0.39, 0.29) is 11.5 Å². The minimum atomic E-state index is -0.183. The van der Waals surface area contributed by atoms with Gasteiger partial charge in [0, 0.05) is 38.2 Å². The number of methoxy groups -OCH3 is 2. The Labute approximate surface area is 146 Å². The first kappa shape index (κ1) is 18.7. The van der Waals surface area contributed by atoms with Gasteiger partial charge in [-0.2, -0.15) is 5.10 Å². The highest BCUT2D eigenvalue weighted by molar-refractivity contribution is 5.75. The fraction of sp³-hybridized carbons (Fsp3) is 0.389. The van der Waals surface area contributed by atoms with Gasteiger partial charge in [0.25, 0.3) is 5.56 Å². The number of hydrogen-bond donors (Lipinski definition) is 1. The number of aryl methyl sites for hydroxylation is 1. The van der Waals surface area contributed by atoms with Crippen molar-refractivity contribution in [1.82, 2.24) is 15.1 Å². The maximum absolute atomic E-state index is 12.0.